The van der Waals surface area contributed by atoms with E-state index in [-0.39, 0.29) is 23.7 Å². The minimum Gasteiger partial charge on any atom is -0.387 e. The van der Waals surface area contributed by atoms with Crippen LogP contribution in [0.1, 0.15) is 6.23 Å². The molecular weight excluding hydrogens is 333 g/mol. The largest absolute Gasteiger partial charge is 0.387 e. The van der Waals surface area contributed by atoms with Gasteiger partial charge in [0.15, 0.2) is 17.4 Å². The molecule has 0 aromatic carbocycles. The molecule has 1 aliphatic rings. The summed E-state index contributed by atoms with van der Waals surface area (Å²) in [7, 11) is -3.19. The summed E-state index contributed by atoms with van der Waals surface area (Å²) >= 11 is 0. The van der Waals surface area contributed by atoms with Crippen LogP contribution in [-0.4, -0.2) is 59.5 Å². The number of aliphatic hydroxyl groups is 2. The molecule has 23 heavy (non-hydrogen) atoms. The Morgan fingerprint density at radius 2 is 2.22 bits per heavy atom. The zero-order valence-electron chi connectivity index (χ0n) is 11.5. The Morgan fingerprint density at radius 1 is 1.48 bits per heavy atom. The van der Waals surface area contributed by atoms with Crippen LogP contribution in [0.4, 0.5) is 5.95 Å². The molecule has 2 aromatic heterocycles. The van der Waals surface area contributed by atoms with Gasteiger partial charge in [-0.2, -0.15) is 4.98 Å². The van der Waals surface area contributed by atoms with Crippen LogP contribution in [-0.2, 0) is 13.8 Å². The maximum atomic E-state index is 11.7. The van der Waals surface area contributed by atoms with Gasteiger partial charge in [-0.3, -0.25) is 18.9 Å². The SMILES string of the molecule is Nc1nc2c(ncn2[C@@H]2O[C@H](CO[PH](=O)O)C(O)C2O)c(=O)[nH]1. The number of nitrogen functional groups attached to an aromatic ring is 1. The Morgan fingerprint density at radius 3 is 2.91 bits per heavy atom. The van der Waals surface area contributed by atoms with Crippen molar-refractivity contribution in [1.29, 1.82) is 0 Å². The molecule has 13 heteroatoms. The van der Waals surface area contributed by atoms with Crippen molar-refractivity contribution in [3.05, 3.63) is 16.7 Å². The number of rotatable bonds is 4. The third kappa shape index (κ3) is 2.87. The van der Waals surface area contributed by atoms with E-state index in [0.29, 0.717) is 0 Å². The molecule has 5 atom stereocenters. The van der Waals surface area contributed by atoms with Crippen molar-refractivity contribution >= 4 is 25.4 Å². The van der Waals surface area contributed by atoms with Crippen molar-refractivity contribution in [2.75, 3.05) is 12.3 Å². The van der Waals surface area contributed by atoms with Crippen LogP contribution < -0.4 is 11.3 Å². The molecule has 3 rings (SSSR count). The third-order valence-electron chi connectivity index (χ3n) is 3.43. The maximum Gasteiger partial charge on any atom is 0.316 e. The molecule has 0 amide bonds. The zero-order chi connectivity index (χ0) is 16.7. The molecule has 2 aromatic rings. The van der Waals surface area contributed by atoms with Crippen molar-refractivity contribution in [3.8, 4) is 0 Å². The van der Waals surface area contributed by atoms with Crippen LogP contribution in [0.25, 0.3) is 11.2 Å². The number of aromatic nitrogens is 4. The zero-order valence-corrected chi connectivity index (χ0v) is 12.5. The van der Waals surface area contributed by atoms with Crippen molar-refractivity contribution in [2.45, 2.75) is 24.5 Å². The van der Waals surface area contributed by atoms with Crippen LogP contribution in [0, 0.1) is 0 Å². The molecule has 3 heterocycles. The lowest BCUT2D eigenvalue weighted by Gasteiger charge is -2.16. The number of nitrogens with two attached hydrogens (primary N) is 1. The molecule has 0 aliphatic carbocycles. The van der Waals surface area contributed by atoms with Gasteiger partial charge in [0.2, 0.25) is 5.95 Å². The quantitative estimate of drug-likeness (QED) is 0.377. The number of fused-ring (bicyclic) bond motifs is 1. The summed E-state index contributed by atoms with van der Waals surface area (Å²) in [6.07, 6.45) is -3.68. The minimum absolute atomic E-state index is 0.00963. The van der Waals surface area contributed by atoms with E-state index in [1.807, 2.05) is 0 Å². The first kappa shape index (κ1) is 16.1. The number of ether oxygens (including phenoxy) is 1. The molecule has 0 radical (unpaired) electrons. The van der Waals surface area contributed by atoms with Crippen LogP contribution in [0.5, 0.6) is 0 Å². The highest BCUT2D eigenvalue weighted by Gasteiger charge is 2.44. The molecular formula is C10H14N5O7P. The molecule has 126 valence electrons. The summed E-state index contributed by atoms with van der Waals surface area (Å²) in [5.74, 6) is -0.143. The van der Waals surface area contributed by atoms with Gasteiger partial charge in [0, 0.05) is 0 Å². The highest BCUT2D eigenvalue weighted by molar-refractivity contribution is 7.32. The summed E-state index contributed by atoms with van der Waals surface area (Å²) < 4.78 is 21.8. The standard InChI is InChI=1S/C10H14N5O7P/c11-10-13-7-4(8(18)14-10)12-2-15(7)9-6(17)5(16)3(22-9)1-21-23(19)20/h2-3,5-6,9,16-17,23H,1H2,(H,19,20)(H3,11,13,14,18)/t3-,5?,6?,9-/m1/s1. The van der Waals surface area contributed by atoms with E-state index in [2.05, 4.69) is 19.5 Å². The second-order valence-corrected chi connectivity index (χ2v) is 5.72. The molecule has 0 saturated carbocycles. The monoisotopic (exact) mass is 347 g/mol. The third-order valence-corrected chi connectivity index (χ3v) is 3.85. The molecule has 6 N–H and O–H groups in total. The Hall–Kier alpha value is -1.82. The van der Waals surface area contributed by atoms with E-state index < -0.39 is 38.4 Å². The predicted molar refractivity (Wildman–Crippen MR) is 75.7 cm³/mol. The van der Waals surface area contributed by atoms with Crippen molar-refractivity contribution in [2.24, 2.45) is 0 Å². The molecule has 3 unspecified atom stereocenters. The highest BCUT2D eigenvalue weighted by Crippen LogP contribution is 2.32. The number of H-pyrrole nitrogens is 1. The first-order valence-corrected chi connectivity index (χ1v) is 7.74. The van der Waals surface area contributed by atoms with Crippen molar-refractivity contribution < 1.29 is 28.9 Å². The van der Waals surface area contributed by atoms with Gasteiger partial charge in [0.1, 0.15) is 18.3 Å². The number of imidazole rings is 1. The number of hydrogen-bond acceptors (Lipinski definition) is 9. The number of aromatic amines is 1. The van der Waals surface area contributed by atoms with E-state index in [9.17, 15) is 19.6 Å². The second kappa shape index (κ2) is 6.00. The van der Waals surface area contributed by atoms with Crippen LogP contribution in [0.2, 0.25) is 0 Å². The van der Waals surface area contributed by atoms with Crippen molar-refractivity contribution in [1.82, 2.24) is 19.5 Å². The lowest BCUT2D eigenvalue weighted by Crippen LogP contribution is -2.33. The fraction of sp³-hybridized carbons (Fsp3) is 0.500. The predicted octanol–water partition coefficient (Wildman–Crippen LogP) is -2.28. The van der Waals surface area contributed by atoms with E-state index in [1.165, 1.54) is 10.9 Å². The average molecular weight is 347 g/mol. The van der Waals surface area contributed by atoms with Gasteiger partial charge >= 0.3 is 8.25 Å². The number of aliphatic hydroxyl groups excluding tert-OH is 2. The molecule has 1 aliphatic heterocycles. The van der Waals surface area contributed by atoms with Crippen molar-refractivity contribution in [3.63, 3.8) is 0 Å². The average Bonchev–Trinajstić information content (AvgIpc) is 3.00. The summed E-state index contributed by atoms with van der Waals surface area (Å²) in [5, 5.41) is 20.1. The van der Waals surface area contributed by atoms with Crippen LogP contribution in [0.3, 0.4) is 0 Å². The van der Waals surface area contributed by atoms with Gasteiger partial charge < -0.3 is 30.1 Å². The number of nitrogens with one attached hydrogen (secondary N) is 1. The molecule has 12 nitrogen and oxygen atoms in total. The minimum atomic E-state index is -3.19. The van der Waals surface area contributed by atoms with Gasteiger partial charge in [-0.25, -0.2) is 4.98 Å². The number of anilines is 1. The topological polar surface area (TPSA) is 186 Å². The van der Waals surface area contributed by atoms with Crippen LogP contribution in [0.15, 0.2) is 11.1 Å². The normalized spacial score (nSPS) is 29.2. The highest BCUT2D eigenvalue weighted by atomic mass is 31.1. The van der Waals surface area contributed by atoms with Gasteiger partial charge in [0.25, 0.3) is 5.56 Å². The summed E-state index contributed by atoms with van der Waals surface area (Å²) in [5.41, 5.74) is 4.98. The smallest absolute Gasteiger partial charge is 0.316 e. The number of nitrogens with zero attached hydrogens (tertiary/aromatic N) is 3. The van der Waals surface area contributed by atoms with E-state index >= 15 is 0 Å². The Bertz CT molecular complexity index is 806. The Balaban J connectivity index is 1.93. The first-order chi connectivity index (χ1) is 10.9. The molecule has 0 spiro atoms. The lowest BCUT2D eigenvalue weighted by molar-refractivity contribution is -0.0476. The molecule has 1 saturated heterocycles. The van der Waals surface area contributed by atoms with Gasteiger partial charge in [0.05, 0.1) is 12.9 Å². The fourth-order valence-corrected chi connectivity index (χ4v) is 2.69. The second-order valence-electron chi connectivity index (χ2n) is 4.90. The Kier molecular flexibility index (Phi) is 4.19. The molecule has 1 fully saturated rings. The van der Waals surface area contributed by atoms with Gasteiger partial charge in [-0.1, -0.05) is 0 Å². The van der Waals surface area contributed by atoms with E-state index in [4.69, 9.17) is 15.4 Å². The molecule has 0 bridgehead atoms. The summed E-state index contributed by atoms with van der Waals surface area (Å²) in [6, 6.07) is 0. The van der Waals surface area contributed by atoms with Gasteiger partial charge in [-0.15, -0.1) is 0 Å². The summed E-state index contributed by atoms with van der Waals surface area (Å²) in [4.78, 5) is 30.5. The van der Waals surface area contributed by atoms with Crippen LogP contribution >= 0.6 is 8.25 Å². The first-order valence-electron chi connectivity index (χ1n) is 6.48. The number of hydrogen-bond donors (Lipinski definition) is 5. The van der Waals surface area contributed by atoms with Gasteiger partial charge in [-0.05, 0) is 0 Å². The fourth-order valence-electron chi connectivity index (χ4n) is 2.38. The van der Waals surface area contributed by atoms with E-state index in [1.54, 1.807) is 0 Å². The summed E-state index contributed by atoms with van der Waals surface area (Å²) in [6.45, 7) is -0.383. The Labute approximate surface area is 128 Å². The lowest BCUT2D eigenvalue weighted by atomic mass is 10.1. The maximum absolute atomic E-state index is 11.7. The van der Waals surface area contributed by atoms with E-state index in [0.717, 1.165) is 0 Å².